The van der Waals surface area contributed by atoms with E-state index in [1.807, 2.05) is 31.2 Å². The van der Waals surface area contributed by atoms with Gasteiger partial charge in [-0.25, -0.2) is 0 Å². The first kappa shape index (κ1) is 16.9. The third kappa shape index (κ3) is 6.34. The lowest BCUT2D eigenvalue weighted by Crippen LogP contribution is -2.13. The highest BCUT2D eigenvalue weighted by atomic mass is 16.5. The lowest BCUT2D eigenvalue weighted by atomic mass is 10.1. The fourth-order valence-electron chi connectivity index (χ4n) is 1.69. The summed E-state index contributed by atoms with van der Waals surface area (Å²) in [5, 5.41) is 10.1. The van der Waals surface area contributed by atoms with E-state index in [2.05, 4.69) is 0 Å². The van der Waals surface area contributed by atoms with Crippen molar-refractivity contribution in [3.05, 3.63) is 29.8 Å². The number of methoxy groups -OCH3 is 1. The second kappa shape index (κ2) is 10.6. The Morgan fingerprint density at radius 3 is 2.50 bits per heavy atom. The molecular weight excluding hydrogens is 260 g/mol. The lowest BCUT2D eigenvalue weighted by molar-refractivity contribution is -0.00648. The number of hydrogen-bond donors (Lipinski definition) is 1. The molecule has 1 rings (SSSR count). The minimum absolute atomic E-state index is 0.220. The van der Waals surface area contributed by atoms with Crippen LogP contribution in [0.3, 0.4) is 0 Å². The van der Waals surface area contributed by atoms with Gasteiger partial charge in [0.25, 0.3) is 0 Å². The van der Waals surface area contributed by atoms with Crippen LogP contribution in [0.4, 0.5) is 0 Å². The Hall–Kier alpha value is -1.14. The molecule has 0 spiro atoms. The summed E-state index contributed by atoms with van der Waals surface area (Å²) in [4.78, 5) is 0. The highest BCUT2D eigenvalue weighted by molar-refractivity contribution is 5.35. The minimum atomic E-state index is -0.697. The van der Waals surface area contributed by atoms with Crippen LogP contribution in [-0.2, 0) is 14.2 Å². The molecule has 1 atom stereocenters. The van der Waals surface area contributed by atoms with Crippen molar-refractivity contribution in [3.63, 3.8) is 0 Å². The monoisotopic (exact) mass is 284 g/mol. The van der Waals surface area contributed by atoms with E-state index in [9.17, 15) is 5.11 Å². The van der Waals surface area contributed by atoms with Gasteiger partial charge in [-0.1, -0.05) is 18.2 Å². The zero-order valence-corrected chi connectivity index (χ0v) is 12.2. The molecule has 5 heteroatoms. The Morgan fingerprint density at radius 2 is 1.75 bits per heavy atom. The number of ether oxygens (including phenoxy) is 4. The molecule has 0 bridgehead atoms. The quantitative estimate of drug-likeness (QED) is 0.628. The van der Waals surface area contributed by atoms with Crippen molar-refractivity contribution in [2.24, 2.45) is 0 Å². The predicted molar refractivity (Wildman–Crippen MR) is 76.1 cm³/mol. The van der Waals surface area contributed by atoms with E-state index in [1.165, 1.54) is 0 Å². The van der Waals surface area contributed by atoms with E-state index in [-0.39, 0.29) is 6.61 Å². The number of aliphatic hydroxyl groups is 1. The fourth-order valence-corrected chi connectivity index (χ4v) is 1.69. The number of benzene rings is 1. The zero-order chi connectivity index (χ0) is 14.6. The van der Waals surface area contributed by atoms with E-state index < -0.39 is 6.10 Å². The third-order valence-corrected chi connectivity index (χ3v) is 2.66. The van der Waals surface area contributed by atoms with Crippen molar-refractivity contribution in [1.29, 1.82) is 0 Å². The van der Waals surface area contributed by atoms with Gasteiger partial charge in [0.15, 0.2) is 0 Å². The maximum absolute atomic E-state index is 10.1. The molecule has 20 heavy (non-hydrogen) atoms. The van der Waals surface area contributed by atoms with Crippen molar-refractivity contribution < 1.29 is 24.1 Å². The second-order valence-corrected chi connectivity index (χ2v) is 4.17. The van der Waals surface area contributed by atoms with E-state index in [0.29, 0.717) is 38.8 Å². The summed E-state index contributed by atoms with van der Waals surface area (Å²) < 4.78 is 21.0. The van der Waals surface area contributed by atoms with Crippen LogP contribution in [0.25, 0.3) is 0 Å². The molecule has 1 aromatic rings. The van der Waals surface area contributed by atoms with Crippen molar-refractivity contribution in [1.82, 2.24) is 0 Å². The molecular formula is C15H24O5. The molecule has 0 saturated heterocycles. The van der Waals surface area contributed by atoms with Crippen LogP contribution in [0.1, 0.15) is 18.6 Å². The molecule has 1 unspecified atom stereocenters. The summed E-state index contributed by atoms with van der Waals surface area (Å²) in [6.45, 7) is 4.76. The van der Waals surface area contributed by atoms with Gasteiger partial charge in [-0.3, -0.25) is 0 Å². The summed E-state index contributed by atoms with van der Waals surface area (Å²) in [7, 11) is 1.63. The third-order valence-electron chi connectivity index (χ3n) is 2.66. The van der Waals surface area contributed by atoms with Crippen LogP contribution in [0.5, 0.6) is 5.75 Å². The van der Waals surface area contributed by atoms with Crippen molar-refractivity contribution >= 4 is 0 Å². The van der Waals surface area contributed by atoms with Crippen molar-refractivity contribution in [2.45, 2.75) is 13.0 Å². The van der Waals surface area contributed by atoms with Crippen LogP contribution in [0, 0.1) is 0 Å². The zero-order valence-electron chi connectivity index (χ0n) is 12.2. The molecule has 0 aliphatic carbocycles. The molecule has 0 saturated carbocycles. The molecule has 1 N–H and O–H groups in total. The fraction of sp³-hybridized carbons (Fsp3) is 0.600. The first-order valence-electron chi connectivity index (χ1n) is 6.83. The molecule has 0 fully saturated rings. The summed E-state index contributed by atoms with van der Waals surface area (Å²) in [5.41, 5.74) is 0.745. The van der Waals surface area contributed by atoms with Gasteiger partial charge in [0, 0.05) is 12.7 Å². The second-order valence-electron chi connectivity index (χ2n) is 4.17. The predicted octanol–water partition coefficient (Wildman–Crippen LogP) is 1.80. The summed E-state index contributed by atoms with van der Waals surface area (Å²) >= 11 is 0. The van der Waals surface area contributed by atoms with Gasteiger partial charge < -0.3 is 24.1 Å². The van der Waals surface area contributed by atoms with E-state index in [0.717, 1.165) is 5.56 Å². The summed E-state index contributed by atoms with van der Waals surface area (Å²) in [6, 6.07) is 7.44. The van der Waals surface area contributed by atoms with Crippen molar-refractivity contribution in [2.75, 3.05) is 46.8 Å². The van der Waals surface area contributed by atoms with Gasteiger partial charge in [-0.15, -0.1) is 0 Å². The maximum atomic E-state index is 10.1. The average Bonchev–Trinajstić information content (AvgIpc) is 2.47. The van der Waals surface area contributed by atoms with Crippen LogP contribution < -0.4 is 4.74 Å². The van der Waals surface area contributed by atoms with Gasteiger partial charge in [0.2, 0.25) is 0 Å². The molecule has 0 aliphatic heterocycles. The Kier molecular flexibility index (Phi) is 8.98. The van der Waals surface area contributed by atoms with Crippen LogP contribution in [-0.4, -0.2) is 51.9 Å². The van der Waals surface area contributed by atoms with E-state index >= 15 is 0 Å². The standard InChI is InChI=1S/C15H24O5/c1-3-20-15-7-5-4-6-13(15)14(16)12-19-11-10-18-9-8-17-2/h4-7,14,16H,3,8-12H2,1-2H3. The van der Waals surface area contributed by atoms with Crippen LogP contribution in [0.15, 0.2) is 24.3 Å². The molecule has 1 aromatic carbocycles. The largest absolute Gasteiger partial charge is 0.493 e. The van der Waals surface area contributed by atoms with Gasteiger partial charge in [-0.05, 0) is 13.0 Å². The number of aliphatic hydroxyl groups excluding tert-OH is 1. The molecule has 0 radical (unpaired) electrons. The van der Waals surface area contributed by atoms with E-state index in [1.54, 1.807) is 7.11 Å². The molecule has 0 aliphatic rings. The Morgan fingerprint density at radius 1 is 1.05 bits per heavy atom. The Balaban J connectivity index is 2.27. The smallest absolute Gasteiger partial charge is 0.125 e. The topological polar surface area (TPSA) is 57.2 Å². The molecule has 114 valence electrons. The highest BCUT2D eigenvalue weighted by Gasteiger charge is 2.12. The molecule has 0 heterocycles. The molecule has 5 nitrogen and oxygen atoms in total. The normalized spacial score (nSPS) is 12.3. The number of hydrogen-bond acceptors (Lipinski definition) is 5. The maximum Gasteiger partial charge on any atom is 0.125 e. The SMILES string of the molecule is CCOc1ccccc1C(O)COCCOCCOC. The van der Waals surface area contributed by atoms with Gasteiger partial charge in [0.1, 0.15) is 11.9 Å². The lowest BCUT2D eigenvalue weighted by Gasteiger charge is -2.15. The van der Waals surface area contributed by atoms with Crippen LogP contribution >= 0.6 is 0 Å². The van der Waals surface area contributed by atoms with Gasteiger partial charge in [0.05, 0.1) is 39.6 Å². The summed E-state index contributed by atoms with van der Waals surface area (Å²) in [5.74, 6) is 0.697. The first-order valence-corrected chi connectivity index (χ1v) is 6.83. The van der Waals surface area contributed by atoms with Crippen LogP contribution in [0.2, 0.25) is 0 Å². The average molecular weight is 284 g/mol. The minimum Gasteiger partial charge on any atom is -0.493 e. The Labute approximate surface area is 120 Å². The van der Waals surface area contributed by atoms with E-state index in [4.69, 9.17) is 18.9 Å². The highest BCUT2D eigenvalue weighted by Crippen LogP contribution is 2.25. The molecule has 0 amide bonds. The first-order chi connectivity index (χ1) is 9.79. The van der Waals surface area contributed by atoms with Gasteiger partial charge >= 0.3 is 0 Å². The number of para-hydroxylation sites is 1. The number of rotatable bonds is 11. The van der Waals surface area contributed by atoms with Gasteiger partial charge in [-0.2, -0.15) is 0 Å². The summed E-state index contributed by atoms with van der Waals surface area (Å²) in [6.07, 6.45) is -0.697. The molecule has 0 aromatic heterocycles. The van der Waals surface area contributed by atoms with Crippen molar-refractivity contribution in [3.8, 4) is 5.75 Å². The Bertz CT molecular complexity index is 356.